The molecule has 1 N–H and O–H groups in total. The fourth-order valence-electron chi connectivity index (χ4n) is 5.59. The molecule has 35 heavy (non-hydrogen) atoms. The number of amides is 1. The van der Waals surface area contributed by atoms with Gasteiger partial charge in [-0.1, -0.05) is 30.3 Å². The van der Waals surface area contributed by atoms with E-state index in [2.05, 4.69) is 75.1 Å². The van der Waals surface area contributed by atoms with Crippen LogP contribution in [0.2, 0.25) is 0 Å². The number of hydrogen-bond acceptors (Lipinski definition) is 3. The Hall–Kier alpha value is -2.89. The lowest BCUT2D eigenvalue weighted by Crippen LogP contribution is -2.46. The molecule has 0 unspecified atom stereocenters. The zero-order chi connectivity index (χ0) is 24.0. The molecule has 1 fully saturated rings. The molecule has 2 heterocycles. The number of hydrogen-bond donors (Lipinski definition) is 1. The van der Waals surface area contributed by atoms with E-state index in [0.717, 1.165) is 69.9 Å². The number of benzene rings is 2. The number of rotatable bonds is 8. The molecule has 5 nitrogen and oxygen atoms in total. The number of aryl methyl sites for hydroxylation is 2. The summed E-state index contributed by atoms with van der Waals surface area (Å²) in [6, 6.07) is 21.2. The van der Waals surface area contributed by atoms with Gasteiger partial charge in [-0.25, -0.2) is 0 Å². The van der Waals surface area contributed by atoms with E-state index in [9.17, 15) is 4.79 Å². The quantitative estimate of drug-likeness (QED) is 0.489. The largest absolute Gasteiger partial charge is 0.352 e. The lowest BCUT2D eigenvalue weighted by Gasteiger charge is -2.34. The molecule has 1 aliphatic carbocycles. The van der Waals surface area contributed by atoms with E-state index < -0.39 is 0 Å². The molecule has 0 radical (unpaired) electrons. The van der Waals surface area contributed by atoms with Crippen molar-refractivity contribution < 1.29 is 4.79 Å². The van der Waals surface area contributed by atoms with Crippen LogP contribution in [0.25, 0.3) is 5.69 Å². The van der Waals surface area contributed by atoms with Crippen LogP contribution < -0.4 is 5.32 Å². The Labute approximate surface area is 209 Å². The van der Waals surface area contributed by atoms with Crippen molar-refractivity contribution in [1.82, 2.24) is 19.7 Å². The summed E-state index contributed by atoms with van der Waals surface area (Å²) in [5, 5.41) is 3.11. The minimum absolute atomic E-state index is 0.0236. The lowest BCUT2D eigenvalue weighted by molar-refractivity contribution is 0.0947. The van der Waals surface area contributed by atoms with Crippen molar-refractivity contribution in [3.05, 3.63) is 88.7 Å². The third-order valence-electron chi connectivity index (χ3n) is 7.52. The summed E-state index contributed by atoms with van der Waals surface area (Å²) in [6.45, 7) is 9.40. The predicted octanol–water partition coefficient (Wildman–Crippen LogP) is 4.60. The first-order chi connectivity index (χ1) is 17.2. The van der Waals surface area contributed by atoms with E-state index in [-0.39, 0.29) is 5.91 Å². The zero-order valence-corrected chi connectivity index (χ0v) is 21.0. The standard InChI is InChI=1S/C30H38N4O/c1-24-22-27-10-5-6-11-29(27)34(24)28-14-12-26(13-15-28)30(35)31-16-7-17-32-18-20-33(21-19-32)23-25-8-3-2-4-9-25/h2-4,8-9,12-15,22H,5-7,10-11,16-21,23H2,1H3,(H,31,35). The van der Waals surface area contributed by atoms with Crippen molar-refractivity contribution in [2.45, 2.75) is 45.6 Å². The van der Waals surface area contributed by atoms with Crippen LogP contribution in [-0.2, 0) is 19.4 Å². The van der Waals surface area contributed by atoms with Crippen molar-refractivity contribution in [1.29, 1.82) is 0 Å². The molecule has 1 aromatic heterocycles. The van der Waals surface area contributed by atoms with Gasteiger partial charge < -0.3 is 14.8 Å². The SMILES string of the molecule is Cc1cc2c(n1-c1ccc(C(=O)NCCCN3CCN(Cc4ccccc4)CC3)cc1)CCCC2. The Morgan fingerprint density at radius 1 is 0.886 bits per heavy atom. The highest BCUT2D eigenvalue weighted by Gasteiger charge is 2.18. The highest BCUT2D eigenvalue weighted by molar-refractivity contribution is 5.94. The number of carbonyl (C=O) groups excluding carboxylic acids is 1. The van der Waals surface area contributed by atoms with Crippen LogP contribution in [0.1, 0.15) is 52.1 Å². The first-order valence-corrected chi connectivity index (χ1v) is 13.2. The molecule has 3 aromatic rings. The Kier molecular flexibility index (Phi) is 7.65. The monoisotopic (exact) mass is 470 g/mol. The second kappa shape index (κ2) is 11.2. The molecule has 5 heteroatoms. The summed E-state index contributed by atoms with van der Waals surface area (Å²) in [7, 11) is 0. The fourth-order valence-corrected chi connectivity index (χ4v) is 5.59. The van der Waals surface area contributed by atoms with Gasteiger partial charge in [-0.3, -0.25) is 9.69 Å². The smallest absolute Gasteiger partial charge is 0.251 e. The van der Waals surface area contributed by atoms with Crippen molar-refractivity contribution in [2.75, 3.05) is 39.3 Å². The fraction of sp³-hybridized carbons (Fsp3) is 0.433. The van der Waals surface area contributed by atoms with Crippen LogP contribution in [0.5, 0.6) is 0 Å². The molecule has 2 aromatic carbocycles. The number of nitrogens with zero attached hydrogens (tertiary/aromatic N) is 3. The average Bonchev–Trinajstić information content (AvgIpc) is 3.24. The topological polar surface area (TPSA) is 40.5 Å². The summed E-state index contributed by atoms with van der Waals surface area (Å²) in [4.78, 5) is 17.7. The van der Waals surface area contributed by atoms with Crippen LogP contribution in [-0.4, -0.2) is 59.5 Å². The Morgan fingerprint density at radius 2 is 1.60 bits per heavy atom. The van der Waals surface area contributed by atoms with Crippen molar-refractivity contribution in [3.63, 3.8) is 0 Å². The lowest BCUT2D eigenvalue weighted by atomic mass is 9.98. The highest BCUT2D eigenvalue weighted by atomic mass is 16.1. The molecule has 0 saturated carbocycles. The molecule has 1 saturated heterocycles. The molecular formula is C30H38N4O. The van der Waals surface area contributed by atoms with E-state index >= 15 is 0 Å². The van der Waals surface area contributed by atoms with Gasteiger partial charge in [0, 0.05) is 61.9 Å². The number of nitrogens with one attached hydrogen (secondary N) is 1. The van der Waals surface area contributed by atoms with Gasteiger partial charge in [0.15, 0.2) is 0 Å². The molecule has 1 aliphatic heterocycles. The molecule has 2 aliphatic rings. The Balaban J connectivity index is 1.05. The van der Waals surface area contributed by atoms with Gasteiger partial charge in [-0.05, 0) is 87.0 Å². The second-order valence-corrected chi connectivity index (χ2v) is 10.1. The second-order valence-electron chi connectivity index (χ2n) is 10.1. The Morgan fingerprint density at radius 3 is 2.37 bits per heavy atom. The number of aromatic nitrogens is 1. The molecule has 0 spiro atoms. The maximum Gasteiger partial charge on any atom is 0.251 e. The van der Waals surface area contributed by atoms with Crippen LogP contribution in [0.3, 0.4) is 0 Å². The van der Waals surface area contributed by atoms with Crippen molar-refractivity contribution in [2.24, 2.45) is 0 Å². The van der Waals surface area contributed by atoms with E-state index in [0.29, 0.717) is 0 Å². The maximum atomic E-state index is 12.7. The third-order valence-corrected chi connectivity index (χ3v) is 7.52. The first-order valence-electron chi connectivity index (χ1n) is 13.2. The van der Waals surface area contributed by atoms with Crippen molar-refractivity contribution in [3.8, 4) is 5.69 Å². The van der Waals surface area contributed by atoms with Crippen LogP contribution >= 0.6 is 0 Å². The van der Waals surface area contributed by atoms with Crippen LogP contribution in [0.15, 0.2) is 60.7 Å². The molecule has 1 amide bonds. The van der Waals surface area contributed by atoms with Crippen LogP contribution in [0.4, 0.5) is 0 Å². The van der Waals surface area contributed by atoms with E-state index in [1.54, 1.807) is 0 Å². The minimum Gasteiger partial charge on any atom is -0.352 e. The minimum atomic E-state index is 0.0236. The number of fused-ring (bicyclic) bond motifs is 1. The van der Waals surface area contributed by atoms with Gasteiger partial charge in [-0.15, -0.1) is 0 Å². The molecule has 0 atom stereocenters. The summed E-state index contributed by atoms with van der Waals surface area (Å²) in [5.41, 5.74) is 7.52. The summed E-state index contributed by atoms with van der Waals surface area (Å²) in [5.74, 6) is 0.0236. The van der Waals surface area contributed by atoms with Gasteiger partial charge in [0.2, 0.25) is 0 Å². The van der Waals surface area contributed by atoms with E-state index in [1.807, 2.05) is 12.1 Å². The van der Waals surface area contributed by atoms with Gasteiger partial charge in [0.25, 0.3) is 5.91 Å². The van der Waals surface area contributed by atoms with Crippen molar-refractivity contribution >= 4 is 5.91 Å². The molecule has 184 valence electrons. The summed E-state index contributed by atoms with van der Waals surface area (Å²) >= 11 is 0. The van der Waals surface area contributed by atoms with E-state index in [4.69, 9.17) is 0 Å². The van der Waals surface area contributed by atoms with E-state index in [1.165, 1.54) is 41.8 Å². The molecule has 0 bridgehead atoms. The normalized spacial score (nSPS) is 16.7. The van der Waals surface area contributed by atoms with Gasteiger partial charge >= 0.3 is 0 Å². The summed E-state index contributed by atoms with van der Waals surface area (Å²) in [6.07, 6.45) is 5.87. The summed E-state index contributed by atoms with van der Waals surface area (Å²) < 4.78 is 2.37. The van der Waals surface area contributed by atoms with Crippen LogP contribution in [0, 0.1) is 6.92 Å². The highest BCUT2D eigenvalue weighted by Crippen LogP contribution is 2.28. The van der Waals surface area contributed by atoms with Gasteiger partial charge in [0.05, 0.1) is 0 Å². The third kappa shape index (κ3) is 5.85. The number of carbonyl (C=O) groups is 1. The Bertz CT molecular complexity index is 1110. The van der Waals surface area contributed by atoms with Gasteiger partial charge in [-0.2, -0.15) is 0 Å². The predicted molar refractivity (Wildman–Crippen MR) is 142 cm³/mol. The zero-order valence-electron chi connectivity index (χ0n) is 21.0. The first kappa shape index (κ1) is 23.8. The number of piperazine rings is 1. The molecule has 5 rings (SSSR count). The molecular weight excluding hydrogens is 432 g/mol. The van der Waals surface area contributed by atoms with Gasteiger partial charge in [0.1, 0.15) is 0 Å². The average molecular weight is 471 g/mol. The maximum absolute atomic E-state index is 12.7.